The summed E-state index contributed by atoms with van der Waals surface area (Å²) in [5.41, 5.74) is 2.58. The molecule has 1 rings (SSSR count). The maximum Gasteiger partial charge on any atom is 0.292 e. The fourth-order valence-corrected chi connectivity index (χ4v) is 0.841. The molecule has 3 heteroatoms. The monoisotopic (exact) mass is 226 g/mol. The van der Waals surface area contributed by atoms with Gasteiger partial charge >= 0.3 is 0 Å². The Morgan fingerprint density at radius 3 is 1.88 bits per heavy atom. The van der Waals surface area contributed by atoms with E-state index in [9.17, 15) is 0 Å². The zero-order chi connectivity index (χ0) is 13.0. The largest absolute Gasteiger partial charge is 0.497 e. The smallest absolute Gasteiger partial charge is 0.292 e. The second kappa shape index (κ2) is 11.6. The van der Waals surface area contributed by atoms with Crippen molar-refractivity contribution in [2.45, 2.75) is 27.7 Å². The maximum atomic E-state index is 8.95. The summed E-state index contributed by atoms with van der Waals surface area (Å²) in [7, 11) is 3.00. The molecule has 0 unspecified atom stereocenters. The van der Waals surface area contributed by atoms with Crippen LogP contribution in [0.1, 0.15) is 25.0 Å². The van der Waals surface area contributed by atoms with Gasteiger partial charge in [0.1, 0.15) is 5.75 Å². The summed E-state index contributed by atoms with van der Waals surface area (Å²) in [5, 5.41) is 0. The summed E-state index contributed by atoms with van der Waals surface area (Å²) in [6.07, 6.45) is 0. The van der Waals surface area contributed by atoms with Gasteiger partial charge in [-0.05, 0) is 37.1 Å². The van der Waals surface area contributed by atoms with Gasteiger partial charge in [0, 0.05) is 0 Å². The Morgan fingerprint density at radius 2 is 1.56 bits per heavy atom. The molecule has 0 N–H and O–H groups in total. The minimum absolute atomic E-state index is 0.375. The van der Waals surface area contributed by atoms with Crippen molar-refractivity contribution in [3.63, 3.8) is 0 Å². The highest BCUT2D eigenvalue weighted by molar-refractivity contribution is 5.36. The highest BCUT2D eigenvalue weighted by atomic mass is 16.5. The van der Waals surface area contributed by atoms with E-state index in [-0.39, 0.29) is 0 Å². The molecule has 0 atom stereocenters. The number of carbonyl (C=O) groups is 1. The Hall–Kier alpha value is -1.51. The van der Waals surface area contributed by atoms with Crippen LogP contribution in [-0.4, -0.2) is 20.7 Å². The van der Waals surface area contributed by atoms with Crippen LogP contribution in [0.4, 0.5) is 0 Å². The van der Waals surface area contributed by atoms with Crippen molar-refractivity contribution in [1.82, 2.24) is 0 Å². The molecule has 0 amide bonds. The van der Waals surface area contributed by atoms with Gasteiger partial charge in [-0.1, -0.05) is 19.9 Å². The summed E-state index contributed by atoms with van der Waals surface area (Å²) < 4.78 is 8.91. The molecule has 16 heavy (non-hydrogen) atoms. The molecule has 0 saturated heterocycles. The molecule has 0 aliphatic heterocycles. The zero-order valence-corrected chi connectivity index (χ0v) is 11.0. The van der Waals surface area contributed by atoms with E-state index >= 15 is 0 Å². The number of benzene rings is 1. The summed E-state index contributed by atoms with van der Waals surface area (Å²) in [6, 6.07) is 6.08. The molecule has 0 radical (unpaired) electrons. The van der Waals surface area contributed by atoms with Gasteiger partial charge in [-0.25, -0.2) is 0 Å². The summed E-state index contributed by atoms with van der Waals surface area (Å²) >= 11 is 0. The van der Waals surface area contributed by atoms with E-state index in [1.54, 1.807) is 7.11 Å². The van der Waals surface area contributed by atoms with E-state index in [0.717, 1.165) is 5.75 Å². The SMILES string of the molecule is CC.COC=O.COc1ccc(C)c(C)c1. The Bertz CT molecular complexity index is 283. The number of aryl methyl sites for hydroxylation is 2. The predicted molar refractivity (Wildman–Crippen MR) is 66.9 cm³/mol. The van der Waals surface area contributed by atoms with E-state index in [4.69, 9.17) is 9.53 Å². The molecule has 0 fully saturated rings. The molecule has 3 nitrogen and oxygen atoms in total. The quantitative estimate of drug-likeness (QED) is 0.727. The van der Waals surface area contributed by atoms with Crippen molar-refractivity contribution in [2.24, 2.45) is 0 Å². The van der Waals surface area contributed by atoms with Crippen LogP contribution in [0.15, 0.2) is 18.2 Å². The van der Waals surface area contributed by atoms with Crippen LogP contribution in [-0.2, 0) is 9.53 Å². The van der Waals surface area contributed by atoms with Crippen LogP contribution in [0.3, 0.4) is 0 Å². The lowest BCUT2D eigenvalue weighted by molar-refractivity contribution is -0.126. The van der Waals surface area contributed by atoms with Crippen molar-refractivity contribution in [3.05, 3.63) is 29.3 Å². The van der Waals surface area contributed by atoms with Crippen LogP contribution in [0, 0.1) is 13.8 Å². The molecule has 92 valence electrons. The lowest BCUT2D eigenvalue weighted by Crippen LogP contribution is -1.85. The third kappa shape index (κ3) is 7.85. The molecule has 0 heterocycles. The van der Waals surface area contributed by atoms with Gasteiger partial charge in [0.15, 0.2) is 0 Å². The molecule has 1 aromatic rings. The molecular formula is C13H22O3. The third-order valence-electron chi connectivity index (χ3n) is 1.81. The van der Waals surface area contributed by atoms with Crippen molar-refractivity contribution >= 4 is 6.47 Å². The number of hydrogen-bond donors (Lipinski definition) is 0. The first kappa shape index (κ1) is 16.9. The maximum absolute atomic E-state index is 8.95. The minimum Gasteiger partial charge on any atom is -0.497 e. The highest BCUT2D eigenvalue weighted by Gasteiger charge is 1.93. The summed E-state index contributed by atoms with van der Waals surface area (Å²) in [6.45, 7) is 8.55. The van der Waals surface area contributed by atoms with Crippen LogP contribution >= 0.6 is 0 Å². The summed E-state index contributed by atoms with van der Waals surface area (Å²) in [5.74, 6) is 0.933. The topological polar surface area (TPSA) is 35.5 Å². The number of carbonyl (C=O) groups excluding carboxylic acids is 1. The second-order valence-electron chi connectivity index (χ2n) is 2.78. The number of rotatable bonds is 2. The molecule has 0 aliphatic carbocycles. The van der Waals surface area contributed by atoms with Crippen molar-refractivity contribution in [1.29, 1.82) is 0 Å². The van der Waals surface area contributed by atoms with Gasteiger partial charge in [-0.3, -0.25) is 4.79 Å². The number of ether oxygens (including phenoxy) is 2. The minimum atomic E-state index is 0.375. The Morgan fingerprint density at radius 1 is 1.06 bits per heavy atom. The number of methoxy groups -OCH3 is 2. The third-order valence-corrected chi connectivity index (χ3v) is 1.81. The molecular weight excluding hydrogens is 204 g/mol. The van der Waals surface area contributed by atoms with E-state index < -0.39 is 0 Å². The number of hydrogen-bond acceptors (Lipinski definition) is 3. The van der Waals surface area contributed by atoms with Gasteiger partial charge in [0.2, 0.25) is 0 Å². The summed E-state index contributed by atoms with van der Waals surface area (Å²) in [4.78, 5) is 8.95. The second-order valence-corrected chi connectivity index (χ2v) is 2.78. The molecule has 0 bridgehead atoms. The van der Waals surface area contributed by atoms with Gasteiger partial charge in [0.05, 0.1) is 14.2 Å². The van der Waals surface area contributed by atoms with Crippen molar-refractivity contribution in [3.8, 4) is 5.75 Å². The van der Waals surface area contributed by atoms with Gasteiger partial charge in [0.25, 0.3) is 6.47 Å². The normalized spacial score (nSPS) is 7.62. The molecule has 0 saturated carbocycles. The van der Waals surface area contributed by atoms with Crippen LogP contribution in [0.25, 0.3) is 0 Å². The van der Waals surface area contributed by atoms with Gasteiger partial charge < -0.3 is 9.47 Å². The van der Waals surface area contributed by atoms with Crippen LogP contribution in [0.5, 0.6) is 5.75 Å². The van der Waals surface area contributed by atoms with Crippen molar-refractivity contribution < 1.29 is 14.3 Å². The molecule has 1 aromatic carbocycles. The highest BCUT2D eigenvalue weighted by Crippen LogP contribution is 2.15. The molecule has 0 aromatic heterocycles. The van der Waals surface area contributed by atoms with Crippen LogP contribution in [0.2, 0.25) is 0 Å². The lowest BCUT2D eigenvalue weighted by Gasteiger charge is -2.02. The first-order valence-corrected chi connectivity index (χ1v) is 5.23. The van der Waals surface area contributed by atoms with Crippen LogP contribution < -0.4 is 4.74 Å². The average molecular weight is 226 g/mol. The van der Waals surface area contributed by atoms with E-state index in [2.05, 4.69) is 24.7 Å². The van der Waals surface area contributed by atoms with Crippen molar-refractivity contribution in [2.75, 3.05) is 14.2 Å². The predicted octanol–water partition coefficient (Wildman–Crippen LogP) is 3.13. The van der Waals surface area contributed by atoms with Gasteiger partial charge in [-0.2, -0.15) is 0 Å². The standard InChI is InChI=1S/C9H12O.C2H4O2.C2H6/c1-7-4-5-9(10-3)6-8(7)2;1-4-2-3;1-2/h4-6H,1-3H3;2H,1H3;1-2H3. The fraction of sp³-hybridized carbons (Fsp3) is 0.462. The van der Waals surface area contributed by atoms with E-state index in [1.165, 1.54) is 18.2 Å². The Kier molecular flexibility index (Phi) is 12.2. The fourth-order valence-electron chi connectivity index (χ4n) is 0.841. The zero-order valence-electron chi connectivity index (χ0n) is 11.0. The average Bonchev–Trinajstić information content (AvgIpc) is 2.35. The Labute approximate surface area is 98.4 Å². The van der Waals surface area contributed by atoms with Gasteiger partial charge in [-0.15, -0.1) is 0 Å². The van der Waals surface area contributed by atoms with E-state index in [0.29, 0.717) is 6.47 Å². The first-order chi connectivity index (χ1) is 7.65. The van der Waals surface area contributed by atoms with E-state index in [1.807, 2.05) is 26.0 Å². The molecule has 0 spiro atoms. The first-order valence-electron chi connectivity index (χ1n) is 5.23. The molecule has 0 aliphatic rings. The lowest BCUT2D eigenvalue weighted by atomic mass is 10.1. The Balaban J connectivity index is 0.